The van der Waals surface area contributed by atoms with Crippen molar-refractivity contribution in [3.8, 4) is 0 Å². The molecule has 0 fully saturated rings. The predicted octanol–water partition coefficient (Wildman–Crippen LogP) is 4.06. The number of hydrogen-bond acceptors (Lipinski definition) is 2. The van der Waals surface area contributed by atoms with Gasteiger partial charge in [0.2, 0.25) is 0 Å². The van der Waals surface area contributed by atoms with Gasteiger partial charge in [0, 0.05) is 5.69 Å². The molecule has 0 bridgehead atoms. The standard InChI is InChI=1S/C15H11F2N3OS/c1-7-4-8(16)2-3-11(7)18-14(21)10-5-9(17)6-12-13(10)20-15(22)19-12/h2-6H,1H3,(H,18,21)(H2,19,20,22). The topological polar surface area (TPSA) is 60.7 Å². The third kappa shape index (κ3) is 2.62. The van der Waals surface area contributed by atoms with Crippen LogP contribution in [0.15, 0.2) is 30.3 Å². The molecule has 0 unspecified atom stereocenters. The normalized spacial score (nSPS) is 10.9. The van der Waals surface area contributed by atoms with Crippen molar-refractivity contribution < 1.29 is 13.6 Å². The van der Waals surface area contributed by atoms with Gasteiger partial charge in [-0.15, -0.1) is 0 Å². The van der Waals surface area contributed by atoms with Gasteiger partial charge in [0.25, 0.3) is 5.91 Å². The number of halogens is 2. The summed E-state index contributed by atoms with van der Waals surface area (Å²) in [5, 5.41) is 2.64. The number of aromatic amines is 2. The molecule has 3 aromatic rings. The summed E-state index contributed by atoms with van der Waals surface area (Å²) in [5.74, 6) is -1.46. The van der Waals surface area contributed by atoms with E-state index in [1.54, 1.807) is 6.92 Å². The lowest BCUT2D eigenvalue weighted by molar-refractivity contribution is 0.102. The summed E-state index contributed by atoms with van der Waals surface area (Å²) in [7, 11) is 0. The van der Waals surface area contributed by atoms with E-state index in [1.165, 1.54) is 24.3 Å². The van der Waals surface area contributed by atoms with Crippen molar-refractivity contribution >= 4 is 34.8 Å². The molecule has 0 aliphatic rings. The zero-order chi connectivity index (χ0) is 15.9. The van der Waals surface area contributed by atoms with Crippen LogP contribution in [0.3, 0.4) is 0 Å². The summed E-state index contributed by atoms with van der Waals surface area (Å²) in [5.41, 5.74) is 1.97. The van der Waals surface area contributed by atoms with Crippen LogP contribution < -0.4 is 5.32 Å². The molecule has 3 rings (SSSR count). The van der Waals surface area contributed by atoms with Crippen molar-refractivity contribution in [2.75, 3.05) is 5.32 Å². The van der Waals surface area contributed by atoms with Gasteiger partial charge in [0.1, 0.15) is 11.6 Å². The summed E-state index contributed by atoms with van der Waals surface area (Å²) in [6, 6.07) is 6.38. The third-order valence-electron chi connectivity index (χ3n) is 3.27. The van der Waals surface area contributed by atoms with Crippen molar-refractivity contribution in [3.05, 3.63) is 57.9 Å². The van der Waals surface area contributed by atoms with E-state index in [1.807, 2.05) is 0 Å². The molecule has 0 radical (unpaired) electrons. The second-order valence-corrected chi connectivity index (χ2v) is 5.28. The number of H-pyrrole nitrogens is 2. The average Bonchev–Trinajstić information content (AvgIpc) is 2.80. The minimum Gasteiger partial charge on any atom is -0.331 e. The minimum atomic E-state index is -0.557. The van der Waals surface area contributed by atoms with Crippen LogP contribution in [0, 0.1) is 23.3 Å². The average molecular weight is 319 g/mol. The number of carbonyl (C=O) groups is 1. The molecule has 1 amide bonds. The van der Waals surface area contributed by atoms with Crippen LogP contribution in [0.25, 0.3) is 11.0 Å². The van der Waals surface area contributed by atoms with Crippen molar-refractivity contribution in [2.45, 2.75) is 6.92 Å². The molecule has 0 aliphatic carbocycles. The number of carbonyl (C=O) groups excluding carboxylic acids is 1. The first-order chi connectivity index (χ1) is 10.4. The highest BCUT2D eigenvalue weighted by Crippen LogP contribution is 2.21. The van der Waals surface area contributed by atoms with Gasteiger partial charge in [0.15, 0.2) is 4.77 Å². The van der Waals surface area contributed by atoms with E-state index in [9.17, 15) is 13.6 Å². The zero-order valence-electron chi connectivity index (χ0n) is 11.5. The van der Waals surface area contributed by atoms with E-state index in [2.05, 4.69) is 15.3 Å². The number of aromatic nitrogens is 2. The maximum Gasteiger partial charge on any atom is 0.257 e. The summed E-state index contributed by atoms with van der Waals surface area (Å²) < 4.78 is 27.0. The number of amides is 1. The quantitative estimate of drug-likeness (QED) is 0.624. The third-order valence-corrected chi connectivity index (χ3v) is 3.48. The molecular formula is C15H11F2N3OS. The van der Waals surface area contributed by atoms with Gasteiger partial charge in [-0.1, -0.05) is 0 Å². The van der Waals surface area contributed by atoms with E-state index in [-0.39, 0.29) is 5.56 Å². The van der Waals surface area contributed by atoms with Gasteiger partial charge in [-0.05, 0) is 55.0 Å². The zero-order valence-corrected chi connectivity index (χ0v) is 12.3. The summed E-state index contributed by atoms with van der Waals surface area (Å²) in [6.45, 7) is 1.67. The highest BCUT2D eigenvalue weighted by atomic mass is 32.1. The maximum absolute atomic E-state index is 13.6. The molecule has 22 heavy (non-hydrogen) atoms. The molecule has 0 atom stereocenters. The largest absolute Gasteiger partial charge is 0.331 e. The fourth-order valence-corrected chi connectivity index (χ4v) is 2.46. The number of fused-ring (bicyclic) bond motifs is 1. The smallest absolute Gasteiger partial charge is 0.257 e. The number of aryl methyl sites for hydroxylation is 1. The van der Waals surface area contributed by atoms with Crippen molar-refractivity contribution in [1.82, 2.24) is 9.97 Å². The minimum absolute atomic E-state index is 0.117. The number of imidazole rings is 1. The molecule has 3 N–H and O–H groups in total. The Balaban J connectivity index is 2.03. The fourth-order valence-electron chi connectivity index (χ4n) is 2.24. The lowest BCUT2D eigenvalue weighted by Gasteiger charge is -2.09. The first-order valence-electron chi connectivity index (χ1n) is 6.43. The van der Waals surface area contributed by atoms with Crippen LogP contribution in [0.2, 0.25) is 0 Å². The second-order valence-electron chi connectivity index (χ2n) is 4.87. The van der Waals surface area contributed by atoms with Gasteiger partial charge in [-0.2, -0.15) is 0 Å². The summed E-state index contributed by atoms with van der Waals surface area (Å²) in [6.07, 6.45) is 0. The van der Waals surface area contributed by atoms with Crippen molar-refractivity contribution in [2.24, 2.45) is 0 Å². The first-order valence-corrected chi connectivity index (χ1v) is 6.84. The molecule has 1 aromatic heterocycles. The molecule has 0 saturated carbocycles. The van der Waals surface area contributed by atoms with Gasteiger partial charge in [-0.25, -0.2) is 8.78 Å². The Morgan fingerprint density at radius 1 is 1.14 bits per heavy atom. The van der Waals surface area contributed by atoms with Crippen LogP contribution in [0.4, 0.5) is 14.5 Å². The predicted molar refractivity (Wildman–Crippen MR) is 82.5 cm³/mol. The number of hydrogen-bond donors (Lipinski definition) is 3. The summed E-state index contributed by atoms with van der Waals surface area (Å²) >= 11 is 4.96. The van der Waals surface area contributed by atoms with Crippen molar-refractivity contribution in [3.63, 3.8) is 0 Å². The molecule has 112 valence electrons. The van der Waals surface area contributed by atoms with E-state index >= 15 is 0 Å². The molecule has 0 aliphatic heterocycles. The molecule has 0 spiro atoms. The Hall–Kier alpha value is -2.54. The Morgan fingerprint density at radius 3 is 2.64 bits per heavy atom. The Labute approximate surface area is 129 Å². The van der Waals surface area contributed by atoms with Crippen LogP contribution in [0.1, 0.15) is 15.9 Å². The molecule has 1 heterocycles. The second kappa shape index (κ2) is 5.34. The lowest BCUT2D eigenvalue weighted by Crippen LogP contribution is -2.13. The highest BCUT2D eigenvalue weighted by Gasteiger charge is 2.15. The van der Waals surface area contributed by atoms with E-state index < -0.39 is 17.5 Å². The fraction of sp³-hybridized carbons (Fsp3) is 0.0667. The Kier molecular flexibility index (Phi) is 3.50. The molecule has 4 nitrogen and oxygen atoms in total. The number of nitrogens with one attached hydrogen (secondary N) is 3. The van der Waals surface area contributed by atoms with Gasteiger partial charge in [-0.3, -0.25) is 4.79 Å². The SMILES string of the molecule is Cc1cc(F)ccc1NC(=O)c1cc(F)cc2[nH]c(=S)[nH]c12. The van der Waals surface area contributed by atoms with E-state index in [0.717, 1.165) is 6.07 Å². The van der Waals surface area contributed by atoms with Gasteiger partial charge < -0.3 is 15.3 Å². The summed E-state index contributed by atoms with van der Waals surface area (Å²) in [4.78, 5) is 18.0. The lowest BCUT2D eigenvalue weighted by atomic mass is 10.1. The Bertz CT molecular complexity index is 946. The van der Waals surface area contributed by atoms with E-state index in [4.69, 9.17) is 12.2 Å². The molecule has 2 aromatic carbocycles. The van der Waals surface area contributed by atoms with Crippen molar-refractivity contribution in [1.29, 1.82) is 0 Å². The van der Waals surface area contributed by atoms with Gasteiger partial charge in [0.05, 0.1) is 16.6 Å². The number of rotatable bonds is 2. The molecule has 7 heteroatoms. The van der Waals surface area contributed by atoms with Gasteiger partial charge >= 0.3 is 0 Å². The Morgan fingerprint density at radius 2 is 1.91 bits per heavy atom. The maximum atomic E-state index is 13.6. The van der Waals surface area contributed by atoms with Crippen LogP contribution in [-0.4, -0.2) is 15.9 Å². The van der Waals surface area contributed by atoms with E-state index in [0.29, 0.717) is 27.1 Å². The number of anilines is 1. The number of benzene rings is 2. The monoisotopic (exact) mass is 319 g/mol. The van der Waals surface area contributed by atoms with Crippen LogP contribution in [-0.2, 0) is 0 Å². The molecular weight excluding hydrogens is 308 g/mol. The van der Waals surface area contributed by atoms with Crippen LogP contribution in [0.5, 0.6) is 0 Å². The highest BCUT2D eigenvalue weighted by molar-refractivity contribution is 7.71. The first kappa shape index (κ1) is 14.4. The van der Waals surface area contributed by atoms with Crippen LogP contribution >= 0.6 is 12.2 Å². The molecule has 0 saturated heterocycles.